The SMILES string of the molecule is Fc1ccc([C@@H]2CCCN2)c(C(F)(F)F)c1. The molecule has 0 aliphatic carbocycles. The molecule has 1 fully saturated rings. The van der Waals surface area contributed by atoms with Gasteiger partial charge in [-0.05, 0) is 37.1 Å². The van der Waals surface area contributed by atoms with Crippen molar-refractivity contribution < 1.29 is 17.6 Å². The second-order valence-corrected chi connectivity index (χ2v) is 3.88. The third kappa shape index (κ3) is 2.19. The molecule has 0 bridgehead atoms. The first-order chi connectivity index (χ1) is 7.48. The van der Waals surface area contributed by atoms with E-state index >= 15 is 0 Å². The fraction of sp³-hybridized carbons (Fsp3) is 0.455. The molecule has 1 heterocycles. The monoisotopic (exact) mass is 233 g/mol. The predicted octanol–water partition coefficient (Wildman–Crippen LogP) is 3.27. The van der Waals surface area contributed by atoms with Gasteiger partial charge in [-0.1, -0.05) is 6.07 Å². The lowest BCUT2D eigenvalue weighted by atomic mass is 9.98. The quantitative estimate of drug-likeness (QED) is 0.734. The molecule has 1 aromatic carbocycles. The Labute approximate surface area is 90.5 Å². The standard InChI is InChI=1S/C11H11F4N/c12-7-3-4-8(10-2-1-5-16-10)9(6-7)11(13,14)15/h3-4,6,10,16H,1-2,5H2/t10-/m0/s1. The zero-order valence-corrected chi connectivity index (χ0v) is 8.44. The topological polar surface area (TPSA) is 12.0 Å². The number of alkyl halides is 3. The smallest absolute Gasteiger partial charge is 0.310 e. The van der Waals surface area contributed by atoms with Gasteiger partial charge in [-0.15, -0.1) is 0 Å². The summed E-state index contributed by atoms with van der Waals surface area (Å²) in [6.45, 7) is 0.708. The van der Waals surface area contributed by atoms with Crippen LogP contribution in [0.2, 0.25) is 0 Å². The van der Waals surface area contributed by atoms with Gasteiger partial charge in [-0.2, -0.15) is 13.2 Å². The third-order valence-corrected chi connectivity index (χ3v) is 2.76. The predicted molar refractivity (Wildman–Crippen MR) is 51.4 cm³/mol. The molecule has 1 aromatic rings. The molecule has 0 radical (unpaired) electrons. The summed E-state index contributed by atoms with van der Waals surface area (Å²) in [5.41, 5.74) is -0.724. The molecule has 0 amide bonds. The highest BCUT2D eigenvalue weighted by atomic mass is 19.4. The minimum atomic E-state index is -4.50. The maximum atomic E-state index is 12.8. The molecule has 0 unspecified atom stereocenters. The fourth-order valence-electron chi connectivity index (χ4n) is 2.03. The average Bonchev–Trinajstić information content (AvgIpc) is 2.69. The molecule has 1 atom stereocenters. The molecule has 0 aromatic heterocycles. The molecule has 88 valence electrons. The summed E-state index contributed by atoms with van der Waals surface area (Å²) in [4.78, 5) is 0. The van der Waals surface area contributed by atoms with E-state index in [0.717, 1.165) is 12.5 Å². The molecule has 0 saturated carbocycles. The van der Waals surface area contributed by atoms with E-state index in [0.29, 0.717) is 19.0 Å². The van der Waals surface area contributed by atoms with Gasteiger partial charge < -0.3 is 5.32 Å². The van der Waals surface area contributed by atoms with Crippen LogP contribution in [0.3, 0.4) is 0 Å². The minimum absolute atomic E-state index is 0.145. The molecule has 1 aliphatic rings. The number of nitrogens with one attached hydrogen (secondary N) is 1. The average molecular weight is 233 g/mol. The van der Waals surface area contributed by atoms with Crippen molar-refractivity contribution in [3.05, 3.63) is 35.1 Å². The summed E-state index contributed by atoms with van der Waals surface area (Å²) in [6, 6.07) is 2.55. The van der Waals surface area contributed by atoms with Gasteiger partial charge in [-0.25, -0.2) is 4.39 Å². The first kappa shape index (κ1) is 11.4. The second-order valence-electron chi connectivity index (χ2n) is 3.88. The van der Waals surface area contributed by atoms with Crippen molar-refractivity contribution >= 4 is 0 Å². The van der Waals surface area contributed by atoms with Crippen LogP contribution >= 0.6 is 0 Å². The van der Waals surface area contributed by atoms with Crippen LogP contribution in [0.4, 0.5) is 17.6 Å². The zero-order valence-electron chi connectivity index (χ0n) is 8.44. The van der Waals surface area contributed by atoms with E-state index in [1.165, 1.54) is 6.07 Å². The lowest BCUT2D eigenvalue weighted by Gasteiger charge is -2.17. The van der Waals surface area contributed by atoms with E-state index in [2.05, 4.69) is 5.32 Å². The molecular formula is C11H11F4N. The number of hydrogen-bond donors (Lipinski definition) is 1. The number of hydrogen-bond acceptors (Lipinski definition) is 1. The summed E-state index contributed by atoms with van der Waals surface area (Å²) >= 11 is 0. The highest BCUT2D eigenvalue weighted by Gasteiger charge is 2.36. The van der Waals surface area contributed by atoms with E-state index in [1.807, 2.05) is 0 Å². The maximum Gasteiger partial charge on any atom is 0.416 e. The van der Waals surface area contributed by atoms with Gasteiger partial charge in [0.15, 0.2) is 0 Å². The van der Waals surface area contributed by atoms with Gasteiger partial charge in [0.05, 0.1) is 5.56 Å². The lowest BCUT2D eigenvalue weighted by Crippen LogP contribution is -2.18. The van der Waals surface area contributed by atoms with Crippen LogP contribution in [0.5, 0.6) is 0 Å². The van der Waals surface area contributed by atoms with Crippen LogP contribution in [-0.2, 0) is 6.18 Å². The molecule has 1 N–H and O–H groups in total. The van der Waals surface area contributed by atoms with E-state index in [1.54, 1.807) is 0 Å². The molecular weight excluding hydrogens is 222 g/mol. The second kappa shape index (κ2) is 4.05. The number of benzene rings is 1. The Bertz CT molecular complexity index is 380. The van der Waals surface area contributed by atoms with Crippen molar-refractivity contribution in [2.75, 3.05) is 6.54 Å². The van der Waals surface area contributed by atoms with Crippen molar-refractivity contribution in [3.8, 4) is 0 Å². The van der Waals surface area contributed by atoms with Gasteiger partial charge in [0, 0.05) is 6.04 Å². The van der Waals surface area contributed by atoms with Gasteiger partial charge in [-0.3, -0.25) is 0 Å². The van der Waals surface area contributed by atoms with Crippen molar-refractivity contribution in [1.29, 1.82) is 0 Å². The van der Waals surface area contributed by atoms with Gasteiger partial charge in [0.2, 0.25) is 0 Å². The van der Waals surface area contributed by atoms with Crippen LogP contribution < -0.4 is 5.32 Å². The van der Waals surface area contributed by atoms with Crippen LogP contribution in [0.1, 0.15) is 30.0 Å². The summed E-state index contributed by atoms with van der Waals surface area (Å²) in [5, 5.41) is 2.98. The molecule has 5 heteroatoms. The zero-order chi connectivity index (χ0) is 11.8. The first-order valence-electron chi connectivity index (χ1n) is 5.08. The van der Waals surface area contributed by atoms with Crippen LogP contribution in [0, 0.1) is 5.82 Å². The van der Waals surface area contributed by atoms with Gasteiger partial charge >= 0.3 is 6.18 Å². The minimum Gasteiger partial charge on any atom is -0.310 e. The Morgan fingerprint density at radius 3 is 2.56 bits per heavy atom. The van der Waals surface area contributed by atoms with E-state index in [-0.39, 0.29) is 11.6 Å². The van der Waals surface area contributed by atoms with Crippen LogP contribution in [0.15, 0.2) is 18.2 Å². The van der Waals surface area contributed by atoms with E-state index in [9.17, 15) is 17.6 Å². The molecule has 1 aliphatic heterocycles. The Kier molecular flexibility index (Phi) is 2.88. The molecule has 0 spiro atoms. The first-order valence-corrected chi connectivity index (χ1v) is 5.08. The number of rotatable bonds is 1. The molecule has 16 heavy (non-hydrogen) atoms. The van der Waals surface area contributed by atoms with Crippen LogP contribution in [0.25, 0.3) is 0 Å². The summed E-state index contributed by atoms with van der Waals surface area (Å²) in [6.07, 6.45) is -2.99. The summed E-state index contributed by atoms with van der Waals surface area (Å²) in [5.74, 6) is -0.853. The summed E-state index contributed by atoms with van der Waals surface area (Å²) in [7, 11) is 0. The highest BCUT2D eigenvalue weighted by molar-refractivity contribution is 5.33. The van der Waals surface area contributed by atoms with Gasteiger partial charge in [0.1, 0.15) is 5.82 Å². The fourth-order valence-corrected chi connectivity index (χ4v) is 2.03. The normalized spacial score (nSPS) is 21.4. The van der Waals surface area contributed by atoms with E-state index in [4.69, 9.17) is 0 Å². The highest BCUT2D eigenvalue weighted by Crippen LogP contribution is 2.37. The largest absolute Gasteiger partial charge is 0.416 e. The number of halogens is 4. The summed E-state index contributed by atoms with van der Waals surface area (Å²) < 4.78 is 50.9. The Morgan fingerprint density at radius 1 is 1.25 bits per heavy atom. The van der Waals surface area contributed by atoms with Crippen molar-refractivity contribution in [2.24, 2.45) is 0 Å². The van der Waals surface area contributed by atoms with Crippen molar-refractivity contribution in [3.63, 3.8) is 0 Å². The van der Waals surface area contributed by atoms with Gasteiger partial charge in [0.25, 0.3) is 0 Å². The van der Waals surface area contributed by atoms with Crippen molar-refractivity contribution in [2.45, 2.75) is 25.1 Å². The lowest BCUT2D eigenvalue weighted by molar-refractivity contribution is -0.138. The van der Waals surface area contributed by atoms with Crippen molar-refractivity contribution in [1.82, 2.24) is 5.32 Å². The molecule has 1 saturated heterocycles. The Hall–Kier alpha value is -1.10. The van der Waals surface area contributed by atoms with E-state index < -0.39 is 17.6 Å². The maximum absolute atomic E-state index is 12.8. The Morgan fingerprint density at radius 2 is 2.00 bits per heavy atom. The van der Waals surface area contributed by atoms with Crippen LogP contribution in [-0.4, -0.2) is 6.54 Å². The third-order valence-electron chi connectivity index (χ3n) is 2.76. The molecule has 1 nitrogen and oxygen atoms in total. The molecule has 2 rings (SSSR count). The Balaban J connectivity index is 2.43.